The maximum absolute atomic E-state index is 12.4. The van der Waals surface area contributed by atoms with Crippen LogP contribution in [-0.4, -0.2) is 28.6 Å². The van der Waals surface area contributed by atoms with Gasteiger partial charge in [0.05, 0.1) is 28.8 Å². The highest BCUT2D eigenvalue weighted by Crippen LogP contribution is 2.35. The number of anilines is 2. The number of para-hydroxylation sites is 1. The van der Waals surface area contributed by atoms with Crippen molar-refractivity contribution in [1.29, 1.82) is 0 Å². The zero-order valence-corrected chi connectivity index (χ0v) is 33.9. The van der Waals surface area contributed by atoms with Gasteiger partial charge in [-0.15, -0.1) is 0 Å². The monoisotopic (exact) mass is 908 g/mol. The molecule has 0 bridgehead atoms. The van der Waals surface area contributed by atoms with E-state index in [4.69, 9.17) is 77.1 Å². The third-order valence-electron chi connectivity index (χ3n) is 7.29. The van der Waals surface area contributed by atoms with Crippen LogP contribution in [0.25, 0.3) is 0 Å². The number of sulfonamides is 2. The standard InChI is InChI=1S/2C20H16Cl2N2O4S/c21-15-6-2-1-5-13(15)11-20(25)24-14-9-10-18(19(12-14)29(23,26)27)28-17-8-4-3-7-16(17)22;21-14-5-8-16(9-6-14)28-18-10-7-15(12-19(18)29(23,26)27)24-20(25)11-13-3-1-2-4-17(13)22/h2*1-10,12H,11H2,(H,24,25)(H2,23,26,27)/i3D,4D,7D,8D;5D,6D,8D,9D. The van der Waals surface area contributed by atoms with Crippen molar-refractivity contribution >= 4 is 89.6 Å². The summed E-state index contributed by atoms with van der Waals surface area (Å²) in [5.74, 6) is -2.62. The fourth-order valence-electron chi connectivity index (χ4n) is 4.74. The van der Waals surface area contributed by atoms with Gasteiger partial charge < -0.3 is 20.1 Å². The number of ether oxygens (including phenoxy) is 2. The van der Waals surface area contributed by atoms with Crippen LogP contribution in [0, 0.1) is 0 Å². The molecule has 2 amide bonds. The van der Waals surface area contributed by atoms with Crippen LogP contribution in [0.2, 0.25) is 20.1 Å². The Hall–Kier alpha value is -5.16. The number of carbonyl (C=O) groups is 2. The van der Waals surface area contributed by atoms with Gasteiger partial charge in [-0.05, 0) is 95.9 Å². The minimum Gasteiger partial charge on any atom is -0.456 e. The largest absolute Gasteiger partial charge is 0.456 e. The minimum absolute atomic E-state index is 0.0571. The molecule has 300 valence electrons. The van der Waals surface area contributed by atoms with Gasteiger partial charge in [-0.3, -0.25) is 9.59 Å². The summed E-state index contributed by atoms with van der Waals surface area (Å²) in [6, 6.07) is 16.1. The molecule has 6 N–H and O–H groups in total. The smallest absolute Gasteiger partial charge is 0.241 e. The first-order valence-electron chi connectivity index (χ1n) is 20.1. The van der Waals surface area contributed by atoms with Gasteiger partial charge >= 0.3 is 0 Å². The molecule has 0 spiro atoms. The molecule has 0 aliphatic rings. The number of nitrogens with two attached hydrogens (primary N) is 2. The first-order valence-corrected chi connectivity index (χ1v) is 20.7. The molecule has 0 aromatic heterocycles. The van der Waals surface area contributed by atoms with Crippen LogP contribution in [-0.2, 0) is 42.5 Å². The van der Waals surface area contributed by atoms with Gasteiger partial charge in [-0.25, -0.2) is 27.1 Å². The average Bonchev–Trinajstić information content (AvgIpc) is 3.25. The van der Waals surface area contributed by atoms with Crippen molar-refractivity contribution in [2.45, 2.75) is 22.6 Å². The Morgan fingerprint density at radius 1 is 0.569 bits per heavy atom. The predicted octanol–water partition coefficient (Wildman–Crippen LogP) is 9.23. The number of carbonyl (C=O) groups excluding carboxylic acids is 2. The fraction of sp³-hybridized carbons (Fsp3) is 0.0500. The number of hydrogen-bond donors (Lipinski definition) is 4. The summed E-state index contributed by atoms with van der Waals surface area (Å²) in [4.78, 5) is 23.7. The van der Waals surface area contributed by atoms with Crippen molar-refractivity contribution in [3.63, 3.8) is 0 Å². The van der Waals surface area contributed by atoms with Crippen molar-refractivity contribution < 1.29 is 46.9 Å². The SMILES string of the molecule is [2H]c1c([2H])c(Oc2ccc(NC(=O)Cc3ccccc3Cl)cc2S(N)(=O)=O)c([2H])c([2H])c1Cl.[2H]c1c([2H])c([2H])c(Oc2ccc(NC(=O)Cc3ccccc3Cl)cc2S(N)(=O)=O)c(Cl)c1[2H]. The molecule has 6 rings (SSSR count). The quantitative estimate of drug-likeness (QED) is 0.0932. The first kappa shape index (κ1) is 33.8. The lowest BCUT2D eigenvalue weighted by Gasteiger charge is -2.13. The predicted molar refractivity (Wildman–Crippen MR) is 226 cm³/mol. The molecule has 18 heteroatoms. The molecule has 58 heavy (non-hydrogen) atoms. The lowest BCUT2D eigenvalue weighted by Crippen LogP contribution is -2.17. The van der Waals surface area contributed by atoms with Crippen molar-refractivity contribution in [3.8, 4) is 23.0 Å². The maximum atomic E-state index is 12.4. The zero-order valence-electron chi connectivity index (χ0n) is 37.2. The second-order valence-electron chi connectivity index (χ2n) is 11.5. The molecule has 0 fully saturated rings. The molecule has 6 aromatic carbocycles. The Balaban J connectivity index is 0.000000247. The molecule has 6 aromatic rings. The lowest BCUT2D eigenvalue weighted by atomic mass is 10.1. The van der Waals surface area contributed by atoms with Gasteiger partial charge in [0.15, 0.2) is 0 Å². The maximum Gasteiger partial charge on any atom is 0.241 e. The Labute approximate surface area is 365 Å². The summed E-state index contributed by atoms with van der Waals surface area (Å²) in [6.07, 6.45) is -0.116. The number of halogens is 4. The molecule has 0 saturated carbocycles. The summed E-state index contributed by atoms with van der Waals surface area (Å²) < 4.78 is 122. The van der Waals surface area contributed by atoms with E-state index < -0.39 is 112 Å². The highest BCUT2D eigenvalue weighted by atomic mass is 35.5. The van der Waals surface area contributed by atoms with E-state index in [2.05, 4.69) is 10.6 Å². The van der Waals surface area contributed by atoms with Crippen molar-refractivity contribution in [2.24, 2.45) is 10.3 Å². The first-order chi connectivity index (χ1) is 30.8. The number of hydrogen-bond acceptors (Lipinski definition) is 8. The summed E-state index contributed by atoms with van der Waals surface area (Å²) in [6.45, 7) is 0. The molecule has 0 atom stereocenters. The van der Waals surface area contributed by atoms with Gasteiger partial charge in [0.1, 0.15) is 32.8 Å². The molecule has 0 unspecified atom stereocenters. The van der Waals surface area contributed by atoms with Gasteiger partial charge in [0.25, 0.3) is 0 Å². The summed E-state index contributed by atoms with van der Waals surface area (Å²) in [7, 11) is -8.74. The molecular weight excluding hydrogens is 870 g/mol. The van der Waals surface area contributed by atoms with Crippen LogP contribution >= 0.6 is 46.4 Å². The van der Waals surface area contributed by atoms with E-state index >= 15 is 0 Å². The van der Waals surface area contributed by atoms with Gasteiger partial charge in [0, 0.05) is 26.4 Å². The Morgan fingerprint density at radius 2 is 1.02 bits per heavy atom. The summed E-state index contributed by atoms with van der Waals surface area (Å²) in [5.41, 5.74) is 1.36. The van der Waals surface area contributed by atoms with Crippen LogP contribution in [0.1, 0.15) is 22.1 Å². The molecule has 0 heterocycles. The second-order valence-corrected chi connectivity index (χ2v) is 16.2. The topological polar surface area (TPSA) is 197 Å². The minimum atomic E-state index is -4.37. The number of benzene rings is 6. The fourth-order valence-corrected chi connectivity index (χ4v) is 6.73. The van der Waals surface area contributed by atoms with Crippen molar-refractivity contribution in [3.05, 3.63) is 164 Å². The van der Waals surface area contributed by atoms with Crippen LogP contribution in [0.3, 0.4) is 0 Å². The normalized spacial score (nSPS) is 13.1. The highest BCUT2D eigenvalue weighted by molar-refractivity contribution is 7.89. The number of amides is 2. The van der Waals surface area contributed by atoms with Crippen LogP contribution in [0.15, 0.2) is 143 Å². The van der Waals surface area contributed by atoms with Gasteiger partial charge in [0.2, 0.25) is 31.9 Å². The summed E-state index contributed by atoms with van der Waals surface area (Å²) in [5, 5.41) is 15.7. The van der Waals surface area contributed by atoms with E-state index in [9.17, 15) is 26.4 Å². The van der Waals surface area contributed by atoms with E-state index in [0.29, 0.717) is 21.2 Å². The van der Waals surface area contributed by atoms with Gasteiger partial charge in [-0.1, -0.05) is 94.9 Å². The van der Waals surface area contributed by atoms with E-state index in [1.54, 1.807) is 48.5 Å². The van der Waals surface area contributed by atoms with E-state index in [1.165, 1.54) is 24.3 Å². The van der Waals surface area contributed by atoms with E-state index in [0.717, 1.165) is 12.1 Å². The Kier molecular flexibility index (Phi) is 11.4. The molecule has 0 aliphatic carbocycles. The molecular formula is C40H32Cl4N4O8S2. The number of rotatable bonds is 12. The Bertz CT molecular complexity index is 2890. The van der Waals surface area contributed by atoms with Crippen LogP contribution in [0.4, 0.5) is 11.4 Å². The van der Waals surface area contributed by atoms with Crippen LogP contribution in [0.5, 0.6) is 23.0 Å². The van der Waals surface area contributed by atoms with Crippen molar-refractivity contribution in [2.75, 3.05) is 10.6 Å². The third kappa shape index (κ3) is 12.7. The third-order valence-corrected chi connectivity index (χ3v) is 10.3. The van der Waals surface area contributed by atoms with E-state index in [1.807, 2.05) is 0 Å². The van der Waals surface area contributed by atoms with Gasteiger partial charge in [-0.2, -0.15) is 0 Å². The molecule has 12 nitrogen and oxygen atoms in total. The zero-order chi connectivity index (χ0) is 49.0. The second kappa shape index (κ2) is 19.5. The van der Waals surface area contributed by atoms with Crippen molar-refractivity contribution in [1.82, 2.24) is 0 Å². The Morgan fingerprint density at radius 3 is 1.48 bits per heavy atom. The van der Waals surface area contributed by atoms with E-state index in [-0.39, 0.29) is 35.7 Å². The lowest BCUT2D eigenvalue weighted by molar-refractivity contribution is -0.116. The molecule has 0 saturated heterocycles. The molecule has 0 aliphatic heterocycles. The summed E-state index contributed by atoms with van der Waals surface area (Å²) >= 11 is 23.9. The highest BCUT2D eigenvalue weighted by Gasteiger charge is 2.20. The number of primary sulfonamides is 2. The molecule has 0 radical (unpaired) electrons. The van der Waals surface area contributed by atoms with Crippen LogP contribution < -0.4 is 30.4 Å². The number of nitrogens with one attached hydrogen (secondary N) is 2. The average molecular weight is 911 g/mol.